The first-order chi connectivity index (χ1) is 21.5. The fourth-order valence-electron chi connectivity index (χ4n) is 4.50. The number of hydrogen-bond donors (Lipinski definition) is 2. The van der Waals surface area contributed by atoms with Crippen molar-refractivity contribution in [1.29, 1.82) is 0 Å². The molecule has 4 rings (SSSR count). The van der Waals surface area contributed by atoms with E-state index in [0.29, 0.717) is 10.8 Å². The predicted molar refractivity (Wildman–Crippen MR) is 164 cm³/mol. The molecule has 13 heteroatoms. The highest BCUT2D eigenvalue weighted by molar-refractivity contribution is 6.20. The van der Waals surface area contributed by atoms with Crippen LogP contribution < -0.4 is 14.7 Å². The summed E-state index contributed by atoms with van der Waals surface area (Å²) >= 11 is 0. The van der Waals surface area contributed by atoms with Crippen molar-refractivity contribution in [2.24, 2.45) is 7.05 Å². The van der Waals surface area contributed by atoms with Gasteiger partial charge in [-0.3, -0.25) is 9.59 Å². The number of nitrogens with one attached hydrogen (secondary N) is 1. The van der Waals surface area contributed by atoms with Crippen LogP contribution in [0.3, 0.4) is 0 Å². The van der Waals surface area contributed by atoms with Crippen molar-refractivity contribution >= 4 is 23.9 Å². The van der Waals surface area contributed by atoms with Gasteiger partial charge in [0.1, 0.15) is 30.1 Å². The number of fused-ring (bicyclic) bond motifs is 1. The highest BCUT2D eigenvalue weighted by Crippen LogP contribution is 2.25. The molecular weight excluding hydrogens is 596 g/mol. The number of carbonyl (C=O) groups excluding carboxylic acids is 4. The largest absolute Gasteiger partial charge is 0.490 e. The summed E-state index contributed by atoms with van der Waals surface area (Å²) in [5.74, 6) is -1.73. The third kappa shape index (κ3) is 8.92. The molecule has 0 saturated carbocycles. The second-order valence-electron chi connectivity index (χ2n) is 12.9. The molecule has 3 aromatic rings. The van der Waals surface area contributed by atoms with Crippen LogP contribution in [0.5, 0.6) is 5.75 Å². The second-order valence-corrected chi connectivity index (χ2v) is 12.9. The molecule has 0 bridgehead atoms. The summed E-state index contributed by atoms with van der Waals surface area (Å²) in [6.07, 6.45) is 0.888. The van der Waals surface area contributed by atoms with Gasteiger partial charge in [-0.15, -0.1) is 9.75 Å². The summed E-state index contributed by atoms with van der Waals surface area (Å²) in [5, 5.41) is 13.6. The molecule has 0 spiro atoms. The first-order valence-corrected chi connectivity index (χ1v) is 14.8. The van der Waals surface area contributed by atoms with Crippen LogP contribution in [-0.4, -0.2) is 75.3 Å². The van der Waals surface area contributed by atoms with E-state index in [-0.39, 0.29) is 30.8 Å². The zero-order valence-electron chi connectivity index (χ0n) is 27.1. The summed E-state index contributed by atoms with van der Waals surface area (Å²) in [6.45, 7) is 10.3. The predicted octanol–water partition coefficient (Wildman–Crippen LogP) is 3.18. The molecule has 13 nitrogen and oxygen atoms in total. The zero-order valence-corrected chi connectivity index (χ0v) is 27.1. The Hall–Kier alpha value is -4.75. The minimum Gasteiger partial charge on any atom is -0.490 e. The number of carbonyl (C=O) groups is 4. The number of hydrogen-bond acceptors (Lipinski definition) is 9. The van der Waals surface area contributed by atoms with Gasteiger partial charge < -0.3 is 24.6 Å². The lowest BCUT2D eigenvalue weighted by molar-refractivity contribution is -0.754. The maximum absolute atomic E-state index is 13.0. The molecule has 2 atom stereocenters. The van der Waals surface area contributed by atoms with Crippen LogP contribution in [-0.2, 0) is 32.7 Å². The quantitative estimate of drug-likeness (QED) is 0.184. The lowest BCUT2D eigenvalue weighted by atomic mass is 10.1. The van der Waals surface area contributed by atoms with Crippen LogP contribution in [0.1, 0.15) is 62.3 Å². The van der Waals surface area contributed by atoms with E-state index in [1.165, 1.54) is 12.1 Å². The van der Waals surface area contributed by atoms with Crippen molar-refractivity contribution < 1.29 is 48.0 Å². The molecule has 2 aromatic carbocycles. The fraction of sp³-hybridized carbons (Fsp3) is 0.424. The Kier molecular flexibility index (Phi) is 10.2. The Morgan fingerprint density at radius 3 is 2.04 bits per heavy atom. The van der Waals surface area contributed by atoms with Crippen molar-refractivity contribution in [3.63, 3.8) is 0 Å². The van der Waals surface area contributed by atoms with Crippen molar-refractivity contribution in [2.75, 3.05) is 13.2 Å². The molecule has 1 aliphatic heterocycles. The van der Waals surface area contributed by atoms with Crippen LogP contribution in [0.15, 0.2) is 60.9 Å². The van der Waals surface area contributed by atoms with E-state index in [1.54, 1.807) is 65.8 Å². The summed E-state index contributed by atoms with van der Waals surface area (Å²) in [5.41, 5.74) is 0.602. The average molecular weight is 638 g/mol. The number of imide groups is 1. The van der Waals surface area contributed by atoms with Gasteiger partial charge in [0.25, 0.3) is 11.8 Å². The van der Waals surface area contributed by atoms with Crippen LogP contribution in [0.2, 0.25) is 0 Å². The van der Waals surface area contributed by atoms with Gasteiger partial charge in [-0.2, -0.15) is 4.68 Å². The highest BCUT2D eigenvalue weighted by atomic mass is 16.7. The highest BCUT2D eigenvalue weighted by Gasteiger charge is 2.40. The molecule has 3 amide bonds. The fourth-order valence-corrected chi connectivity index (χ4v) is 4.50. The Balaban J connectivity index is 1.38. The van der Waals surface area contributed by atoms with Crippen LogP contribution in [0.4, 0.5) is 4.79 Å². The molecule has 0 saturated heterocycles. The minimum absolute atomic E-state index is 0.0233. The van der Waals surface area contributed by atoms with Gasteiger partial charge in [0, 0.05) is 6.54 Å². The summed E-state index contributed by atoms with van der Waals surface area (Å²) in [4.78, 5) is 56.2. The van der Waals surface area contributed by atoms with Gasteiger partial charge in [-0.1, -0.05) is 24.3 Å². The number of amides is 3. The molecule has 2 N–H and O–H groups in total. The maximum atomic E-state index is 13.0. The molecular formula is C33H41N4O9+. The number of nitrogens with zero attached hydrogens (tertiary/aromatic N) is 3. The molecule has 1 unspecified atom stereocenters. The Labute approximate surface area is 267 Å². The number of rotatable bonds is 11. The minimum atomic E-state index is -1.41. The van der Waals surface area contributed by atoms with E-state index in [9.17, 15) is 24.3 Å². The molecule has 1 aromatic heterocycles. The maximum Gasteiger partial charge on any atom is 0.407 e. The number of hydroxylamine groups is 2. The van der Waals surface area contributed by atoms with Crippen LogP contribution in [0, 0.1) is 0 Å². The van der Waals surface area contributed by atoms with Crippen LogP contribution >= 0.6 is 0 Å². The van der Waals surface area contributed by atoms with Crippen LogP contribution in [0.25, 0.3) is 11.1 Å². The zero-order chi connectivity index (χ0) is 33.8. The van der Waals surface area contributed by atoms with Gasteiger partial charge in [0.2, 0.25) is 12.3 Å². The van der Waals surface area contributed by atoms with E-state index in [4.69, 9.17) is 19.0 Å². The Morgan fingerprint density at radius 2 is 1.48 bits per heavy atom. The van der Waals surface area contributed by atoms with Crippen molar-refractivity contribution in [3.8, 4) is 16.9 Å². The lowest BCUT2D eigenvalue weighted by Crippen LogP contribution is -2.43. The molecule has 246 valence electrons. The third-order valence-corrected chi connectivity index (χ3v) is 6.55. The van der Waals surface area contributed by atoms with Gasteiger partial charge in [-0.05, 0) is 71.4 Å². The number of aryl methyl sites for hydroxylation is 1. The van der Waals surface area contributed by atoms with Gasteiger partial charge in [-0.25, -0.2) is 14.4 Å². The van der Waals surface area contributed by atoms with E-state index in [2.05, 4.69) is 5.32 Å². The summed E-state index contributed by atoms with van der Waals surface area (Å²) in [7, 11) is 1.83. The average Bonchev–Trinajstić information content (AvgIpc) is 3.44. The topological polar surface area (TPSA) is 150 Å². The standard InChI is InChI=1S/C33H40N4O9/c1-32(2,3)44-30(41)27(46-37-28(39)25-10-8-9-11-26(25)29(37)40)20-43-24-14-12-21(13-15-24)22-17-35(7)36(18-22)19-23(38)16-34-31(42)45-33(4,5)6/h8-15,17-18,23,27,38H,16,19-20H2,1-7H3/p+1/t23?,27-/m0/s1. The second kappa shape index (κ2) is 13.7. The lowest BCUT2D eigenvalue weighted by Gasteiger charge is -2.26. The molecule has 1 aliphatic rings. The number of aliphatic hydroxyl groups excluding tert-OH is 1. The molecule has 0 radical (unpaired) electrons. The van der Waals surface area contributed by atoms with E-state index >= 15 is 0 Å². The summed E-state index contributed by atoms with van der Waals surface area (Å²) in [6, 6.07) is 13.4. The SMILES string of the molecule is C[n+]1cc(-c2ccc(OC[C@H](ON3C(=O)c4ccccc4C3=O)C(=O)OC(C)(C)C)cc2)cn1CC(O)CNC(=O)OC(C)(C)C. The van der Waals surface area contributed by atoms with Gasteiger partial charge in [0.05, 0.1) is 29.0 Å². The monoisotopic (exact) mass is 637 g/mol. The van der Waals surface area contributed by atoms with Crippen molar-refractivity contribution in [1.82, 2.24) is 15.1 Å². The number of benzene rings is 2. The third-order valence-electron chi connectivity index (χ3n) is 6.55. The van der Waals surface area contributed by atoms with Crippen molar-refractivity contribution in [2.45, 2.75) is 71.5 Å². The van der Waals surface area contributed by atoms with E-state index in [0.717, 1.165) is 11.1 Å². The molecule has 2 heterocycles. The number of aromatic nitrogens is 2. The number of aliphatic hydroxyl groups is 1. The number of alkyl carbamates (subject to hydrolysis) is 1. The van der Waals surface area contributed by atoms with Crippen molar-refractivity contribution in [3.05, 3.63) is 72.1 Å². The number of ether oxygens (including phenoxy) is 3. The van der Waals surface area contributed by atoms with E-state index in [1.807, 2.05) is 40.9 Å². The van der Waals surface area contributed by atoms with Gasteiger partial charge in [0.15, 0.2) is 7.05 Å². The molecule has 0 aliphatic carbocycles. The molecule has 46 heavy (non-hydrogen) atoms. The van der Waals surface area contributed by atoms with Gasteiger partial charge >= 0.3 is 12.1 Å². The molecule has 0 fully saturated rings. The Morgan fingerprint density at radius 1 is 0.891 bits per heavy atom. The Bertz CT molecular complexity index is 1550. The first-order valence-electron chi connectivity index (χ1n) is 14.8. The smallest absolute Gasteiger partial charge is 0.407 e. The van der Waals surface area contributed by atoms with E-state index < -0.39 is 47.3 Å². The normalized spacial score (nSPS) is 14.5. The number of esters is 1. The first kappa shape index (κ1) is 34.1. The summed E-state index contributed by atoms with van der Waals surface area (Å²) < 4.78 is 20.1.